The summed E-state index contributed by atoms with van der Waals surface area (Å²) < 4.78 is 5.60. The molecule has 1 aromatic rings. The van der Waals surface area contributed by atoms with Crippen LogP contribution in [-0.2, 0) is 6.54 Å². The normalized spacial score (nSPS) is 25.5. The van der Waals surface area contributed by atoms with E-state index >= 15 is 0 Å². The summed E-state index contributed by atoms with van der Waals surface area (Å²) in [6.45, 7) is 7.43. The molecule has 0 unspecified atom stereocenters. The molecule has 1 fully saturated rings. The van der Waals surface area contributed by atoms with Crippen molar-refractivity contribution in [3.8, 4) is 5.75 Å². The molecule has 130 valence electrons. The molecule has 0 radical (unpaired) electrons. The molecule has 4 nitrogen and oxygen atoms in total. The van der Waals surface area contributed by atoms with E-state index in [0.717, 1.165) is 51.1 Å². The number of nitrogens with zero attached hydrogens (tertiary/aromatic N) is 1. The Bertz CT molecular complexity index is 462. The minimum Gasteiger partial charge on any atom is -0.494 e. The van der Waals surface area contributed by atoms with E-state index in [-0.39, 0.29) is 12.0 Å². The van der Waals surface area contributed by atoms with Crippen molar-refractivity contribution < 1.29 is 14.9 Å². The van der Waals surface area contributed by atoms with Gasteiger partial charge in [0.15, 0.2) is 0 Å². The molecule has 0 aromatic heterocycles. The maximum Gasteiger partial charge on any atom is 0.119 e. The molecule has 1 aliphatic heterocycles. The number of piperidine rings is 1. The van der Waals surface area contributed by atoms with Gasteiger partial charge in [-0.05, 0) is 43.5 Å². The third kappa shape index (κ3) is 4.69. The molecule has 1 aromatic carbocycles. The standard InChI is InChI=1S/C19H31NO3/c1-3-9-19(15-21)10-11-20(14-18(19)22)13-16-5-7-17(8-6-16)23-12-4-2/h5-8,18,21-22H,3-4,9-15H2,1-2H3/t18-,19-/m1/s1. The Morgan fingerprint density at radius 1 is 1.22 bits per heavy atom. The van der Waals surface area contributed by atoms with Crippen molar-refractivity contribution in [1.29, 1.82) is 0 Å². The largest absolute Gasteiger partial charge is 0.494 e. The number of β-amino-alcohol motifs (C(OH)–C–C–N with tert-alkyl or cyclic N) is 1. The van der Waals surface area contributed by atoms with Crippen molar-refractivity contribution in [1.82, 2.24) is 4.90 Å². The van der Waals surface area contributed by atoms with Gasteiger partial charge in [0, 0.05) is 18.5 Å². The fourth-order valence-electron chi connectivity index (χ4n) is 3.44. The summed E-state index contributed by atoms with van der Waals surface area (Å²) in [4.78, 5) is 2.27. The van der Waals surface area contributed by atoms with Crippen LogP contribution in [0.25, 0.3) is 0 Å². The first-order valence-corrected chi connectivity index (χ1v) is 8.86. The minimum absolute atomic E-state index is 0.0826. The highest BCUT2D eigenvalue weighted by Crippen LogP contribution is 2.36. The summed E-state index contributed by atoms with van der Waals surface area (Å²) >= 11 is 0. The lowest BCUT2D eigenvalue weighted by Crippen LogP contribution is -2.52. The Morgan fingerprint density at radius 3 is 2.52 bits per heavy atom. The van der Waals surface area contributed by atoms with E-state index in [1.807, 2.05) is 12.1 Å². The first-order valence-electron chi connectivity index (χ1n) is 8.86. The molecule has 2 atom stereocenters. The van der Waals surface area contributed by atoms with Crippen molar-refractivity contribution in [2.24, 2.45) is 5.41 Å². The van der Waals surface area contributed by atoms with Gasteiger partial charge in [0.25, 0.3) is 0 Å². The molecule has 23 heavy (non-hydrogen) atoms. The van der Waals surface area contributed by atoms with Crippen LogP contribution >= 0.6 is 0 Å². The van der Waals surface area contributed by atoms with E-state index in [1.165, 1.54) is 5.56 Å². The van der Waals surface area contributed by atoms with Crippen LogP contribution in [0.15, 0.2) is 24.3 Å². The summed E-state index contributed by atoms with van der Waals surface area (Å²) in [5, 5.41) is 20.2. The lowest BCUT2D eigenvalue weighted by atomic mass is 9.73. The van der Waals surface area contributed by atoms with E-state index in [9.17, 15) is 10.2 Å². The van der Waals surface area contributed by atoms with E-state index in [0.29, 0.717) is 6.54 Å². The number of aliphatic hydroxyl groups is 2. The Labute approximate surface area is 140 Å². The number of ether oxygens (including phenoxy) is 1. The van der Waals surface area contributed by atoms with E-state index in [1.54, 1.807) is 0 Å². The third-order valence-electron chi connectivity index (χ3n) is 4.93. The SMILES string of the molecule is CCCOc1ccc(CN2CC[C@@](CO)(CCC)[C@H](O)C2)cc1. The van der Waals surface area contributed by atoms with Gasteiger partial charge >= 0.3 is 0 Å². The zero-order valence-electron chi connectivity index (χ0n) is 14.5. The fourth-order valence-corrected chi connectivity index (χ4v) is 3.44. The van der Waals surface area contributed by atoms with Crippen molar-refractivity contribution in [3.63, 3.8) is 0 Å². The molecule has 1 heterocycles. The molecular formula is C19H31NO3. The molecule has 0 spiro atoms. The number of hydrogen-bond donors (Lipinski definition) is 2. The Balaban J connectivity index is 1.90. The Kier molecular flexibility index (Phi) is 6.88. The lowest BCUT2D eigenvalue weighted by molar-refractivity contribution is -0.0802. The van der Waals surface area contributed by atoms with Crippen LogP contribution in [0, 0.1) is 5.41 Å². The average Bonchev–Trinajstić information content (AvgIpc) is 2.57. The van der Waals surface area contributed by atoms with Gasteiger partial charge in [-0.2, -0.15) is 0 Å². The zero-order valence-corrected chi connectivity index (χ0v) is 14.5. The van der Waals surface area contributed by atoms with Gasteiger partial charge in [0.2, 0.25) is 0 Å². The topological polar surface area (TPSA) is 52.9 Å². The molecule has 0 saturated carbocycles. The molecule has 0 bridgehead atoms. The maximum absolute atomic E-state index is 10.5. The van der Waals surface area contributed by atoms with Crippen LogP contribution in [0.2, 0.25) is 0 Å². The number of aliphatic hydroxyl groups excluding tert-OH is 2. The monoisotopic (exact) mass is 321 g/mol. The molecule has 0 amide bonds. The van der Waals surface area contributed by atoms with Crippen LogP contribution in [0.4, 0.5) is 0 Å². The summed E-state index contributed by atoms with van der Waals surface area (Å²) in [5.41, 5.74) is 0.927. The number of benzene rings is 1. The second-order valence-corrected chi connectivity index (χ2v) is 6.76. The van der Waals surface area contributed by atoms with Gasteiger partial charge in [0.05, 0.1) is 19.3 Å². The molecule has 2 rings (SSSR count). The maximum atomic E-state index is 10.5. The fraction of sp³-hybridized carbons (Fsp3) is 0.684. The molecule has 1 aliphatic rings. The van der Waals surface area contributed by atoms with Crippen LogP contribution in [0.3, 0.4) is 0 Å². The number of rotatable bonds is 8. The first kappa shape index (κ1) is 18.2. The van der Waals surface area contributed by atoms with Gasteiger partial charge in [-0.25, -0.2) is 0 Å². The van der Waals surface area contributed by atoms with E-state index in [2.05, 4.69) is 30.9 Å². The predicted molar refractivity (Wildman–Crippen MR) is 92.6 cm³/mol. The van der Waals surface area contributed by atoms with Crippen LogP contribution in [0.5, 0.6) is 5.75 Å². The Morgan fingerprint density at radius 2 is 1.96 bits per heavy atom. The van der Waals surface area contributed by atoms with Crippen LogP contribution < -0.4 is 4.74 Å². The minimum atomic E-state index is -0.451. The Hall–Kier alpha value is -1.10. The molecule has 0 aliphatic carbocycles. The van der Waals surface area contributed by atoms with Gasteiger partial charge in [-0.1, -0.05) is 32.4 Å². The van der Waals surface area contributed by atoms with Crippen molar-refractivity contribution in [2.75, 3.05) is 26.3 Å². The smallest absolute Gasteiger partial charge is 0.119 e. The average molecular weight is 321 g/mol. The van der Waals surface area contributed by atoms with Gasteiger partial charge in [-0.15, -0.1) is 0 Å². The second-order valence-electron chi connectivity index (χ2n) is 6.76. The van der Waals surface area contributed by atoms with Gasteiger partial charge < -0.3 is 14.9 Å². The molecule has 2 N–H and O–H groups in total. The van der Waals surface area contributed by atoms with Crippen molar-refractivity contribution in [2.45, 2.75) is 52.2 Å². The third-order valence-corrected chi connectivity index (χ3v) is 4.93. The highest BCUT2D eigenvalue weighted by atomic mass is 16.5. The van der Waals surface area contributed by atoms with E-state index in [4.69, 9.17) is 4.74 Å². The van der Waals surface area contributed by atoms with Crippen LogP contribution in [-0.4, -0.2) is 47.5 Å². The summed E-state index contributed by atoms with van der Waals surface area (Å²) in [7, 11) is 0. The molecule has 4 heteroatoms. The summed E-state index contributed by atoms with van der Waals surface area (Å²) in [5.74, 6) is 0.913. The molecule has 1 saturated heterocycles. The highest BCUT2D eigenvalue weighted by Gasteiger charge is 2.40. The van der Waals surface area contributed by atoms with Gasteiger partial charge in [0.1, 0.15) is 5.75 Å². The zero-order chi connectivity index (χ0) is 16.7. The summed E-state index contributed by atoms with van der Waals surface area (Å²) in [6, 6.07) is 8.22. The number of likely N-dealkylation sites (tertiary alicyclic amines) is 1. The van der Waals surface area contributed by atoms with Gasteiger partial charge in [-0.3, -0.25) is 4.90 Å². The lowest BCUT2D eigenvalue weighted by Gasteiger charge is -2.44. The van der Waals surface area contributed by atoms with Crippen molar-refractivity contribution in [3.05, 3.63) is 29.8 Å². The van der Waals surface area contributed by atoms with Crippen molar-refractivity contribution >= 4 is 0 Å². The second kappa shape index (κ2) is 8.67. The van der Waals surface area contributed by atoms with E-state index < -0.39 is 6.10 Å². The first-order chi connectivity index (χ1) is 11.1. The quantitative estimate of drug-likeness (QED) is 0.773. The summed E-state index contributed by atoms with van der Waals surface area (Å²) in [6.07, 6.45) is 3.31. The highest BCUT2D eigenvalue weighted by molar-refractivity contribution is 5.27. The van der Waals surface area contributed by atoms with Crippen LogP contribution in [0.1, 0.15) is 45.1 Å². The molecular weight excluding hydrogens is 290 g/mol. The number of hydrogen-bond acceptors (Lipinski definition) is 4. The predicted octanol–water partition coefficient (Wildman–Crippen LogP) is 2.82.